The van der Waals surface area contributed by atoms with Crippen molar-refractivity contribution in [3.8, 4) is 0 Å². The molecule has 3 atom stereocenters. The molecule has 0 bridgehead atoms. The molecule has 1 saturated carbocycles. The number of carbonyl (C=O) groups is 1. The van der Waals surface area contributed by atoms with Crippen molar-refractivity contribution in [1.82, 2.24) is 0 Å². The van der Waals surface area contributed by atoms with Gasteiger partial charge in [-0.15, -0.1) is 0 Å². The minimum atomic E-state index is -0.0916. The molecule has 1 spiro atoms. The minimum absolute atomic E-state index is 0.0773. The fourth-order valence-corrected chi connectivity index (χ4v) is 4.35. The third kappa shape index (κ3) is 3.49. The van der Waals surface area contributed by atoms with Gasteiger partial charge in [-0.05, 0) is 38.5 Å². The maximum absolute atomic E-state index is 13.0. The summed E-state index contributed by atoms with van der Waals surface area (Å²) < 4.78 is 11.5. The molecule has 2 aliphatic heterocycles. The van der Waals surface area contributed by atoms with E-state index < -0.39 is 0 Å². The van der Waals surface area contributed by atoms with E-state index in [1.54, 1.807) is 0 Å². The second kappa shape index (κ2) is 6.76. The van der Waals surface area contributed by atoms with Crippen LogP contribution in [0.2, 0.25) is 0 Å². The van der Waals surface area contributed by atoms with Crippen molar-refractivity contribution in [2.75, 3.05) is 19.8 Å². The lowest BCUT2D eigenvalue weighted by Crippen LogP contribution is -2.48. The van der Waals surface area contributed by atoms with Crippen LogP contribution in [0.1, 0.15) is 57.8 Å². The van der Waals surface area contributed by atoms with Crippen molar-refractivity contribution in [3.05, 3.63) is 0 Å². The van der Waals surface area contributed by atoms with Crippen LogP contribution in [0.15, 0.2) is 0 Å². The largest absolute Gasteiger partial charge is 0.381 e. The van der Waals surface area contributed by atoms with Crippen LogP contribution in [0.3, 0.4) is 0 Å². The lowest BCUT2D eigenvalue weighted by atomic mass is 9.74. The molecule has 2 saturated heterocycles. The molecule has 4 nitrogen and oxygen atoms in total. The first kappa shape index (κ1) is 15.4. The van der Waals surface area contributed by atoms with Crippen LogP contribution in [0.5, 0.6) is 0 Å². The summed E-state index contributed by atoms with van der Waals surface area (Å²) in [6, 6.07) is 0.0773. The highest BCUT2D eigenvalue weighted by atomic mass is 16.5. The smallest absolute Gasteiger partial charge is 0.140 e. The molecular weight excluding hydrogens is 266 g/mol. The van der Waals surface area contributed by atoms with E-state index in [1.165, 1.54) is 12.8 Å². The van der Waals surface area contributed by atoms with Gasteiger partial charge in [0.05, 0.1) is 5.60 Å². The molecule has 2 N–H and O–H groups in total. The zero-order valence-corrected chi connectivity index (χ0v) is 13.0. The lowest BCUT2D eigenvalue weighted by Gasteiger charge is -2.43. The van der Waals surface area contributed by atoms with Crippen LogP contribution in [0, 0.1) is 11.8 Å². The SMILES string of the molecule is NC1CCCCCC1C(=O)C1CCOC2(CCOCC2)C1. The Labute approximate surface area is 127 Å². The summed E-state index contributed by atoms with van der Waals surface area (Å²) in [5, 5.41) is 0. The number of hydrogen-bond acceptors (Lipinski definition) is 4. The molecular formula is C17H29NO3. The van der Waals surface area contributed by atoms with Gasteiger partial charge < -0.3 is 15.2 Å². The van der Waals surface area contributed by atoms with Crippen molar-refractivity contribution in [2.24, 2.45) is 17.6 Å². The highest BCUT2D eigenvalue weighted by Crippen LogP contribution is 2.39. The molecule has 1 aliphatic carbocycles. The Morgan fingerprint density at radius 1 is 1.00 bits per heavy atom. The van der Waals surface area contributed by atoms with Crippen LogP contribution in [0.4, 0.5) is 0 Å². The van der Waals surface area contributed by atoms with Crippen molar-refractivity contribution in [1.29, 1.82) is 0 Å². The van der Waals surface area contributed by atoms with E-state index >= 15 is 0 Å². The van der Waals surface area contributed by atoms with E-state index in [0.29, 0.717) is 5.78 Å². The Bertz CT molecular complexity index is 360. The van der Waals surface area contributed by atoms with E-state index in [0.717, 1.165) is 64.8 Å². The summed E-state index contributed by atoms with van der Waals surface area (Å²) in [5.41, 5.74) is 6.19. The van der Waals surface area contributed by atoms with E-state index in [9.17, 15) is 4.79 Å². The quantitative estimate of drug-likeness (QED) is 0.795. The van der Waals surface area contributed by atoms with Crippen LogP contribution in [-0.2, 0) is 14.3 Å². The molecule has 3 unspecified atom stereocenters. The Morgan fingerprint density at radius 2 is 1.76 bits per heavy atom. The van der Waals surface area contributed by atoms with Gasteiger partial charge in [0.15, 0.2) is 0 Å². The first-order chi connectivity index (χ1) is 10.2. The van der Waals surface area contributed by atoms with Gasteiger partial charge in [0, 0.05) is 37.7 Å². The van der Waals surface area contributed by atoms with Crippen molar-refractivity contribution >= 4 is 5.78 Å². The Kier molecular flexibility index (Phi) is 4.97. The lowest BCUT2D eigenvalue weighted by molar-refractivity contribution is -0.159. The number of hydrogen-bond donors (Lipinski definition) is 1. The fraction of sp³-hybridized carbons (Fsp3) is 0.941. The predicted octanol–water partition coefficient (Wildman–Crippen LogP) is 2.44. The van der Waals surface area contributed by atoms with Crippen molar-refractivity contribution in [2.45, 2.75) is 69.4 Å². The van der Waals surface area contributed by atoms with Gasteiger partial charge in [0.25, 0.3) is 0 Å². The predicted molar refractivity (Wildman–Crippen MR) is 81.0 cm³/mol. The van der Waals surface area contributed by atoms with E-state index in [1.807, 2.05) is 0 Å². The summed E-state index contributed by atoms with van der Waals surface area (Å²) in [6.45, 7) is 2.26. The molecule has 120 valence electrons. The summed E-state index contributed by atoms with van der Waals surface area (Å²) in [5.74, 6) is 0.678. The number of ether oxygens (including phenoxy) is 2. The van der Waals surface area contributed by atoms with Gasteiger partial charge in [-0.1, -0.05) is 19.3 Å². The number of rotatable bonds is 2. The van der Waals surface area contributed by atoms with Crippen LogP contribution in [-0.4, -0.2) is 37.2 Å². The van der Waals surface area contributed by atoms with Gasteiger partial charge in [-0.25, -0.2) is 0 Å². The maximum Gasteiger partial charge on any atom is 0.140 e. The Hall–Kier alpha value is -0.450. The van der Waals surface area contributed by atoms with Crippen LogP contribution >= 0.6 is 0 Å². The Morgan fingerprint density at radius 3 is 2.57 bits per heavy atom. The molecule has 4 heteroatoms. The second-order valence-corrected chi connectivity index (χ2v) is 7.14. The average Bonchev–Trinajstić information content (AvgIpc) is 2.72. The van der Waals surface area contributed by atoms with Crippen LogP contribution in [0.25, 0.3) is 0 Å². The van der Waals surface area contributed by atoms with E-state index in [-0.39, 0.29) is 23.5 Å². The molecule has 3 fully saturated rings. The van der Waals surface area contributed by atoms with Gasteiger partial charge in [0.2, 0.25) is 0 Å². The molecule has 0 aromatic heterocycles. The summed E-state index contributed by atoms with van der Waals surface area (Å²) >= 11 is 0. The summed E-state index contributed by atoms with van der Waals surface area (Å²) in [6.07, 6.45) is 9.22. The third-order valence-electron chi connectivity index (χ3n) is 5.73. The highest BCUT2D eigenvalue weighted by molar-refractivity contribution is 5.84. The molecule has 0 aromatic rings. The highest BCUT2D eigenvalue weighted by Gasteiger charge is 2.43. The Balaban J connectivity index is 1.65. The van der Waals surface area contributed by atoms with Gasteiger partial charge in [-0.2, -0.15) is 0 Å². The van der Waals surface area contributed by atoms with Gasteiger partial charge in [-0.3, -0.25) is 4.79 Å². The average molecular weight is 295 g/mol. The molecule has 3 aliphatic rings. The van der Waals surface area contributed by atoms with E-state index in [4.69, 9.17) is 15.2 Å². The zero-order chi connectivity index (χ0) is 14.7. The molecule has 0 aromatic carbocycles. The van der Waals surface area contributed by atoms with Crippen molar-refractivity contribution < 1.29 is 14.3 Å². The normalized spacial score (nSPS) is 37.1. The molecule has 2 heterocycles. The van der Waals surface area contributed by atoms with Crippen molar-refractivity contribution in [3.63, 3.8) is 0 Å². The standard InChI is InChI=1S/C17H29NO3/c18-15-5-3-1-2-4-14(15)16(19)13-6-9-21-17(12-13)7-10-20-11-8-17/h13-15H,1-12,18H2. The molecule has 21 heavy (non-hydrogen) atoms. The fourth-order valence-electron chi connectivity index (χ4n) is 4.35. The number of carbonyl (C=O) groups excluding carboxylic acids is 1. The third-order valence-corrected chi connectivity index (χ3v) is 5.73. The van der Waals surface area contributed by atoms with E-state index in [2.05, 4.69) is 0 Å². The van der Waals surface area contributed by atoms with Gasteiger partial charge in [0.1, 0.15) is 5.78 Å². The topological polar surface area (TPSA) is 61.6 Å². The minimum Gasteiger partial charge on any atom is -0.381 e. The number of Topliss-reactive ketones (excluding diaryl/α,β-unsaturated/α-hetero) is 1. The van der Waals surface area contributed by atoms with Gasteiger partial charge >= 0.3 is 0 Å². The monoisotopic (exact) mass is 295 g/mol. The first-order valence-electron chi connectivity index (χ1n) is 8.71. The molecule has 0 amide bonds. The number of nitrogens with two attached hydrogens (primary N) is 1. The summed E-state index contributed by atoms with van der Waals surface area (Å²) in [7, 11) is 0. The maximum atomic E-state index is 13.0. The van der Waals surface area contributed by atoms with Crippen LogP contribution < -0.4 is 5.73 Å². The molecule has 3 rings (SSSR count). The second-order valence-electron chi connectivity index (χ2n) is 7.14. The number of ketones is 1. The summed E-state index contributed by atoms with van der Waals surface area (Å²) in [4.78, 5) is 13.0. The molecule has 0 radical (unpaired) electrons. The zero-order valence-electron chi connectivity index (χ0n) is 13.0. The first-order valence-corrected chi connectivity index (χ1v) is 8.71.